The molecule has 0 unspecified atom stereocenters. The fourth-order valence-corrected chi connectivity index (χ4v) is 2.35. The van der Waals surface area contributed by atoms with Crippen LogP contribution < -0.4 is 10.5 Å². The number of methoxy groups -OCH3 is 1. The zero-order chi connectivity index (χ0) is 14.6. The van der Waals surface area contributed by atoms with E-state index in [-0.39, 0.29) is 5.91 Å². The predicted molar refractivity (Wildman–Crippen MR) is 80.0 cm³/mol. The quantitative estimate of drug-likeness (QED) is 0.902. The highest BCUT2D eigenvalue weighted by atomic mass is 79.9. The first-order valence-corrected chi connectivity index (χ1v) is 6.89. The molecule has 0 aliphatic carbocycles. The average molecular weight is 329 g/mol. The van der Waals surface area contributed by atoms with Crippen molar-refractivity contribution in [3.8, 4) is 5.75 Å². The number of halogens is 1. The summed E-state index contributed by atoms with van der Waals surface area (Å²) in [5.74, 6) is 0.821. The third-order valence-electron chi connectivity index (χ3n) is 3.07. The molecular weight excluding hydrogens is 308 g/mol. The third kappa shape index (κ3) is 3.94. The second-order valence-corrected chi connectivity index (χ2v) is 6.07. The lowest BCUT2D eigenvalue weighted by Crippen LogP contribution is -2.42. The van der Waals surface area contributed by atoms with Crippen LogP contribution in [-0.2, 0) is 11.3 Å². The van der Waals surface area contributed by atoms with Gasteiger partial charge >= 0.3 is 0 Å². The number of nitrogens with zero attached hydrogens (tertiary/aromatic N) is 1. The lowest BCUT2D eigenvalue weighted by molar-refractivity contribution is -0.139. The molecule has 5 heteroatoms. The van der Waals surface area contributed by atoms with E-state index in [2.05, 4.69) is 15.9 Å². The van der Waals surface area contributed by atoms with Crippen molar-refractivity contribution in [1.82, 2.24) is 4.90 Å². The minimum Gasteiger partial charge on any atom is -0.496 e. The maximum atomic E-state index is 12.2. The van der Waals surface area contributed by atoms with Gasteiger partial charge in [-0.25, -0.2) is 0 Å². The van der Waals surface area contributed by atoms with Crippen molar-refractivity contribution < 1.29 is 9.53 Å². The van der Waals surface area contributed by atoms with E-state index in [1.54, 1.807) is 19.1 Å². The van der Waals surface area contributed by atoms with Gasteiger partial charge in [-0.15, -0.1) is 0 Å². The number of carbonyl (C=O) groups is 1. The number of hydrogen-bond acceptors (Lipinski definition) is 3. The number of carbonyl (C=O) groups excluding carboxylic acids is 1. The van der Waals surface area contributed by atoms with Crippen molar-refractivity contribution in [2.75, 3.05) is 20.7 Å². The molecule has 1 rings (SSSR count). The van der Waals surface area contributed by atoms with Crippen LogP contribution in [0.4, 0.5) is 0 Å². The molecule has 0 saturated carbocycles. The molecule has 4 nitrogen and oxygen atoms in total. The molecule has 1 amide bonds. The van der Waals surface area contributed by atoms with Gasteiger partial charge in [0.15, 0.2) is 0 Å². The SMILES string of the molecule is COc1ccc(CN(C)C(=O)C(C)(C)CN)cc1Br. The van der Waals surface area contributed by atoms with E-state index in [1.807, 2.05) is 32.0 Å². The molecule has 1 aromatic rings. The molecule has 0 aromatic heterocycles. The van der Waals surface area contributed by atoms with Gasteiger partial charge in [-0.3, -0.25) is 4.79 Å². The standard InChI is InChI=1S/C14H21BrN2O2/c1-14(2,9-16)13(18)17(3)8-10-5-6-12(19-4)11(15)7-10/h5-7H,8-9,16H2,1-4H3. The molecule has 0 aliphatic rings. The highest BCUT2D eigenvalue weighted by Gasteiger charge is 2.28. The zero-order valence-electron chi connectivity index (χ0n) is 11.9. The summed E-state index contributed by atoms with van der Waals surface area (Å²) in [6.45, 7) is 4.60. The van der Waals surface area contributed by atoms with Gasteiger partial charge in [0, 0.05) is 20.1 Å². The first kappa shape index (κ1) is 16.0. The van der Waals surface area contributed by atoms with E-state index in [0.717, 1.165) is 15.8 Å². The number of benzene rings is 1. The van der Waals surface area contributed by atoms with Crippen molar-refractivity contribution in [2.24, 2.45) is 11.1 Å². The maximum absolute atomic E-state index is 12.2. The van der Waals surface area contributed by atoms with E-state index in [9.17, 15) is 4.79 Å². The van der Waals surface area contributed by atoms with E-state index in [4.69, 9.17) is 10.5 Å². The summed E-state index contributed by atoms with van der Waals surface area (Å²) in [6.07, 6.45) is 0. The van der Waals surface area contributed by atoms with E-state index in [0.29, 0.717) is 13.1 Å². The molecule has 106 valence electrons. The van der Waals surface area contributed by atoms with Gasteiger partial charge < -0.3 is 15.4 Å². The second-order valence-electron chi connectivity index (χ2n) is 5.22. The Morgan fingerprint density at radius 1 is 1.47 bits per heavy atom. The van der Waals surface area contributed by atoms with Crippen molar-refractivity contribution >= 4 is 21.8 Å². The van der Waals surface area contributed by atoms with Crippen molar-refractivity contribution in [2.45, 2.75) is 20.4 Å². The second kappa shape index (κ2) is 6.39. The van der Waals surface area contributed by atoms with Gasteiger partial charge in [0.1, 0.15) is 5.75 Å². The summed E-state index contributed by atoms with van der Waals surface area (Å²) in [5, 5.41) is 0. The molecule has 0 aliphatic heterocycles. The third-order valence-corrected chi connectivity index (χ3v) is 3.69. The van der Waals surface area contributed by atoms with E-state index in [1.165, 1.54) is 0 Å². The topological polar surface area (TPSA) is 55.6 Å². The van der Waals surface area contributed by atoms with Gasteiger partial charge in [0.05, 0.1) is 17.0 Å². The Morgan fingerprint density at radius 2 is 2.11 bits per heavy atom. The molecule has 0 fully saturated rings. The Balaban J connectivity index is 2.80. The van der Waals surface area contributed by atoms with E-state index < -0.39 is 5.41 Å². The summed E-state index contributed by atoms with van der Waals surface area (Å²) in [7, 11) is 3.41. The lowest BCUT2D eigenvalue weighted by Gasteiger charge is -2.28. The lowest BCUT2D eigenvalue weighted by atomic mass is 9.92. The Bertz CT molecular complexity index is 461. The Labute approximate surface area is 123 Å². The van der Waals surface area contributed by atoms with Gasteiger partial charge in [-0.05, 0) is 47.5 Å². The predicted octanol–water partition coefficient (Wildman–Crippen LogP) is 2.40. The summed E-state index contributed by atoms with van der Waals surface area (Å²) in [6, 6.07) is 5.78. The number of amides is 1. The van der Waals surface area contributed by atoms with Crippen LogP contribution >= 0.6 is 15.9 Å². The zero-order valence-corrected chi connectivity index (χ0v) is 13.5. The van der Waals surface area contributed by atoms with Crippen LogP contribution in [0, 0.1) is 5.41 Å². The number of ether oxygens (including phenoxy) is 1. The first-order chi connectivity index (χ1) is 8.81. The molecule has 0 atom stereocenters. The summed E-state index contributed by atoms with van der Waals surface area (Å²) >= 11 is 3.44. The molecule has 0 saturated heterocycles. The minimum atomic E-state index is -0.529. The van der Waals surface area contributed by atoms with E-state index >= 15 is 0 Å². The van der Waals surface area contributed by atoms with Gasteiger partial charge in [0.25, 0.3) is 0 Å². The van der Waals surface area contributed by atoms with Gasteiger partial charge in [-0.1, -0.05) is 6.07 Å². The Kier molecular flexibility index (Phi) is 5.38. The highest BCUT2D eigenvalue weighted by molar-refractivity contribution is 9.10. The monoisotopic (exact) mass is 328 g/mol. The number of rotatable bonds is 5. The fraction of sp³-hybridized carbons (Fsp3) is 0.500. The van der Waals surface area contributed by atoms with Crippen molar-refractivity contribution in [3.63, 3.8) is 0 Å². The van der Waals surface area contributed by atoms with Crippen molar-refractivity contribution in [1.29, 1.82) is 0 Å². The summed E-state index contributed by atoms with van der Waals surface area (Å²) in [5.41, 5.74) is 6.14. The molecule has 0 spiro atoms. The number of nitrogens with two attached hydrogens (primary N) is 1. The Hall–Kier alpha value is -1.07. The van der Waals surface area contributed by atoms with Crippen LogP contribution in [0.15, 0.2) is 22.7 Å². The smallest absolute Gasteiger partial charge is 0.229 e. The van der Waals surface area contributed by atoms with Crippen LogP contribution in [0.3, 0.4) is 0 Å². The van der Waals surface area contributed by atoms with Gasteiger partial charge in [0.2, 0.25) is 5.91 Å². The van der Waals surface area contributed by atoms with Crippen LogP contribution in [0.2, 0.25) is 0 Å². The average Bonchev–Trinajstić information content (AvgIpc) is 2.38. The normalized spacial score (nSPS) is 11.3. The first-order valence-electron chi connectivity index (χ1n) is 6.10. The van der Waals surface area contributed by atoms with Crippen molar-refractivity contribution in [3.05, 3.63) is 28.2 Å². The van der Waals surface area contributed by atoms with Gasteiger partial charge in [-0.2, -0.15) is 0 Å². The molecule has 0 radical (unpaired) electrons. The van der Waals surface area contributed by atoms with Crippen LogP contribution in [0.25, 0.3) is 0 Å². The molecule has 1 aromatic carbocycles. The summed E-state index contributed by atoms with van der Waals surface area (Å²) in [4.78, 5) is 13.9. The summed E-state index contributed by atoms with van der Waals surface area (Å²) < 4.78 is 6.06. The fourth-order valence-electron chi connectivity index (χ4n) is 1.76. The maximum Gasteiger partial charge on any atom is 0.229 e. The molecule has 19 heavy (non-hydrogen) atoms. The van der Waals surface area contributed by atoms with Crippen LogP contribution in [0.1, 0.15) is 19.4 Å². The minimum absolute atomic E-state index is 0.0435. The highest BCUT2D eigenvalue weighted by Crippen LogP contribution is 2.26. The molecule has 2 N–H and O–H groups in total. The molecule has 0 heterocycles. The van der Waals surface area contributed by atoms with Crippen LogP contribution in [-0.4, -0.2) is 31.5 Å². The Morgan fingerprint density at radius 3 is 2.58 bits per heavy atom. The van der Waals surface area contributed by atoms with Crippen LogP contribution in [0.5, 0.6) is 5.75 Å². The number of hydrogen-bond donors (Lipinski definition) is 1. The molecular formula is C14H21BrN2O2. The molecule has 0 bridgehead atoms. The largest absolute Gasteiger partial charge is 0.496 e.